The maximum absolute atomic E-state index is 10.9. The van der Waals surface area contributed by atoms with Gasteiger partial charge >= 0.3 is 13.0 Å². The van der Waals surface area contributed by atoms with E-state index in [1.54, 1.807) is 6.82 Å². The quantitative estimate of drug-likeness (QED) is 0.290. The van der Waals surface area contributed by atoms with Crippen LogP contribution in [0.4, 0.5) is 0 Å². The lowest BCUT2D eigenvalue weighted by Gasteiger charge is -2.09. The average Bonchev–Trinajstić information content (AvgIpc) is 2.15. The zero-order valence-electron chi connectivity index (χ0n) is 8.82. The van der Waals surface area contributed by atoms with Gasteiger partial charge in [-0.05, 0) is 26.2 Å². The van der Waals surface area contributed by atoms with Crippen LogP contribution in [-0.4, -0.2) is 37.7 Å². The van der Waals surface area contributed by atoms with Crippen LogP contribution < -0.4 is 11.0 Å². The van der Waals surface area contributed by atoms with Crippen molar-refractivity contribution in [2.45, 2.75) is 32.1 Å². The molecule has 82 valence electrons. The molecule has 4 N–H and O–H groups in total. The molecule has 0 aliphatic carbocycles. The van der Waals surface area contributed by atoms with E-state index in [1.165, 1.54) is 7.11 Å². The molecule has 5 nitrogen and oxygen atoms in total. The van der Waals surface area contributed by atoms with Crippen molar-refractivity contribution in [3.05, 3.63) is 0 Å². The molecule has 0 heterocycles. The first kappa shape index (κ1) is 13.4. The molecule has 14 heavy (non-hydrogen) atoms. The molecule has 0 rings (SSSR count). The van der Waals surface area contributed by atoms with Crippen LogP contribution in [0.2, 0.25) is 6.82 Å². The van der Waals surface area contributed by atoms with E-state index in [9.17, 15) is 4.79 Å². The van der Waals surface area contributed by atoms with Crippen molar-refractivity contribution in [1.29, 1.82) is 0 Å². The molecule has 0 saturated carbocycles. The van der Waals surface area contributed by atoms with E-state index >= 15 is 0 Å². The van der Waals surface area contributed by atoms with Gasteiger partial charge in [-0.3, -0.25) is 4.79 Å². The van der Waals surface area contributed by atoms with E-state index in [2.05, 4.69) is 9.96 Å². The molecule has 0 aliphatic heterocycles. The van der Waals surface area contributed by atoms with Crippen LogP contribution in [0, 0.1) is 0 Å². The molecule has 0 saturated heterocycles. The minimum absolute atomic E-state index is 0.367. The predicted molar refractivity (Wildman–Crippen MR) is 55.7 cm³/mol. The maximum Gasteiger partial charge on any atom is 0.373 e. The summed E-state index contributed by atoms with van der Waals surface area (Å²) in [6, 6.07) is -0.522. The van der Waals surface area contributed by atoms with E-state index in [-0.39, 0.29) is 5.97 Å². The monoisotopic (exact) mass is 202 g/mol. The summed E-state index contributed by atoms with van der Waals surface area (Å²) < 4.78 is 4.49. The molecule has 0 fully saturated rings. The molecular formula is C8H19BN2O3. The molecule has 0 radical (unpaired) electrons. The second-order valence-electron chi connectivity index (χ2n) is 3.26. The summed E-state index contributed by atoms with van der Waals surface area (Å²) in [5, 5.41) is 11.7. The number of hydrogen-bond acceptors (Lipinski definition) is 5. The first-order valence-corrected chi connectivity index (χ1v) is 4.82. The lowest BCUT2D eigenvalue weighted by Crippen LogP contribution is -2.33. The zero-order valence-corrected chi connectivity index (χ0v) is 8.82. The van der Waals surface area contributed by atoms with E-state index in [1.807, 2.05) is 0 Å². The summed E-state index contributed by atoms with van der Waals surface area (Å²) in [6.07, 6.45) is 2.35. The van der Waals surface area contributed by atoms with Crippen molar-refractivity contribution in [3.8, 4) is 0 Å². The fourth-order valence-corrected chi connectivity index (χ4v) is 1.07. The Morgan fingerprint density at radius 2 is 2.29 bits per heavy atom. The minimum Gasteiger partial charge on any atom is -0.468 e. The number of nitrogens with two attached hydrogens (primary N) is 1. The Balaban J connectivity index is 3.31. The van der Waals surface area contributed by atoms with Crippen molar-refractivity contribution in [2.24, 2.45) is 5.73 Å². The van der Waals surface area contributed by atoms with Gasteiger partial charge in [0.25, 0.3) is 0 Å². The molecule has 6 heteroatoms. The lowest BCUT2D eigenvalue weighted by molar-refractivity contribution is -0.142. The summed E-state index contributed by atoms with van der Waals surface area (Å²) >= 11 is 0. The van der Waals surface area contributed by atoms with E-state index in [0.29, 0.717) is 6.42 Å². The second-order valence-corrected chi connectivity index (χ2v) is 3.26. The van der Waals surface area contributed by atoms with Gasteiger partial charge in [-0.25, -0.2) is 0 Å². The third-order valence-electron chi connectivity index (χ3n) is 1.89. The Labute approximate surface area is 85.1 Å². The van der Waals surface area contributed by atoms with Crippen LogP contribution in [0.5, 0.6) is 0 Å². The first-order chi connectivity index (χ1) is 6.57. The van der Waals surface area contributed by atoms with Gasteiger partial charge in [-0.1, -0.05) is 6.42 Å². The Morgan fingerprint density at radius 3 is 2.79 bits per heavy atom. The van der Waals surface area contributed by atoms with Gasteiger partial charge in [-0.2, -0.15) is 0 Å². The van der Waals surface area contributed by atoms with Crippen molar-refractivity contribution < 1.29 is 14.6 Å². The van der Waals surface area contributed by atoms with Crippen molar-refractivity contribution in [2.75, 3.05) is 13.7 Å². The largest absolute Gasteiger partial charge is 0.468 e. The zero-order chi connectivity index (χ0) is 11.0. The van der Waals surface area contributed by atoms with E-state index in [4.69, 9.17) is 10.8 Å². The van der Waals surface area contributed by atoms with Gasteiger partial charge in [0, 0.05) is 0 Å². The summed E-state index contributed by atoms with van der Waals surface area (Å²) in [6.45, 7) is 2.39. The Kier molecular flexibility index (Phi) is 7.46. The minimum atomic E-state index is -0.522. The third kappa shape index (κ3) is 6.88. The van der Waals surface area contributed by atoms with Crippen LogP contribution in [0.3, 0.4) is 0 Å². The van der Waals surface area contributed by atoms with Gasteiger partial charge in [0.15, 0.2) is 0 Å². The van der Waals surface area contributed by atoms with Crippen LogP contribution in [0.25, 0.3) is 0 Å². The van der Waals surface area contributed by atoms with Gasteiger partial charge in [0.1, 0.15) is 6.04 Å². The van der Waals surface area contributed by atoms with Gasteiger partial charge in [0.2, 0.25) is 0 Å². The highest BCUT2D eigenvalue weighted by Crippen LogP contribution is 1.99. The number of carbonyl (C=O) groups excluding carboxylic acids is 1. The maximum atomic E-state index is 10.9. The SMILES string of the molecule is COC(=O)[C@H](N)CCCCNB(C)O. The topological polar surface area (TPSA) is 84.6 Å². The molecule has 0 aromatic heterocycles. The first-order valence-electron chi connectivity index (χ1n) is 4.82. The Bertz CT molecular complexity index is 167. The Hall–Kier alpha value is -0.585. The fourth-order valence-electron chi connectivity index (χ4n) is 1.07. The molecule has 0 amide bonds. The lowest BCUT2D eigenvalue weighted by atomic mass is 9.89. The molecule has 0 bridgehead atoms. The van der Waals surface area contributed by atoms with Crippen molar-refractivity contribution in [1.82, 2.24) is 5.23 Å². The molecule has 0 spiro atoms. The van der Waals surface area contributed by atoms with Crippen LogP contribution >= 0.6 is 0 Å². The third-order valence-corrected chi connectivity index (χ3v) is 1.89. The van der Waals surface area contributed by atoms with Crippen LogP contribution in [0.1, 0.15) is 19.3 Å². The summed E-state index contributed by atoms with van der Waals surface area (Å²) in [7, 11) is 0.848. The number of carbonyl (C=O) groups is 1. The van der Waals surface area contributed by atoms with Gasteiger partial charge < -0.3 is 20.7 Å². The highest BCUT2D eigenvalue weighted by molar-refractivity contribution is 6.45. The smallest absolute Gasteiger partial charge is 0.373 e. The summed E-state index contributed by atoms with van der Waals surface area (Å²) in [4.78, 5) is 10.9. The fraction of sp³-hybridized carbons (Fsp3) is 0.875. The standard InChI is InChI=1S/C8H19BN2O3/c1-9(13)11-6-4-3-5-7(10)8(12)14-2/h7,11,13H,3-6,10H2,1-2H3/t7-/m1/s1. The normalized spacial score (nSPS) is 12.3. The highest BCUT2D eigenvalue weighted by Gasteiger charge is 2.12. The predicted octanol–water partition coefficient (Wildman–Crippen LogP) is -0.643. The summed E-state index contributed by atoms with van der Waals surface area (Å²) in [5.74, 6) is -0.367. The molecule has 0 unspecified atom stereocenters. The average molecular weight is 202 g/mol. The van der Waals surface area contributed by atoms with E-state index in [0.717, 1.165) is 19.4 Å². The molecule has 1 atom stereocenters. The summed E-state index contributed by atoms with van der Waals surface area (Å²) in [5.41, 5.74) is 5.53. The van der Waals surface area contributed by atoms with Crippen molar-refractivity contribution in [3.63, 3.8) is 0 Å². The second kappa shape index (κ2) is 7.79. The molecule has 0 aromatic carbocycles. The number of methoxy groups -OCH3 is 1. The molecular weight excluding hydrogens is 183 g/mol. The van der Waals surface area contributed by atoms with Gasteiger partial charge in [-0.15, -0.1) is 0 Å². The number of unbranched alkanes of at least 4 members (excludes halogenated alkanes) is 1. The number of nitrogens with one attached hydrogen (secondary N) is 1. The number of esters is 1. The highest BCUT2D eigenvalue weighted by atomic mass is 16.5. The van der Waals surface area contributed by atoms with Crippen molar-refractivity contribution >= 4 is 13.0 Å². The Morgan fingerprint density at radius 1 is 1.64 bits per heavy atom. The molecule has 0 aromatic rings. The number of hydrogen-bond donors (Lipinski definition) is 3. The number of ether oxygens (including phenoxy) is 1. The molecule has 0 aliphatic rings. The van der Waals surface area contributed by atoms with E-state index < -0.39 is 13.1 Å². The number of rotatable bonds is 7. The van der Waals surface area contributed by atoms with Crippen LogP contribution in [0.15, 0.2) is 0 Å². The van der Waals surface area contributed by atoms with Gasteiger partial charge in [0.05, 0.1) is 7.11 Å². The van der Waals surface area contributed by atoms with Crippen LogP contribution in [-0.2, 0) is 9.53 Å².